The number of nitrogens with two attached hydrogens (primary N) is 2. The van der Waals surface area contributed by atoms with Crippen LogP contribution in [0.4, 0.5) is 4.79 Å². The van der Waals surface area contributed by atoms with E-state index in [4.69, 9.17) is 11.7 Å². The van der Waals surface area contributed by atoms with Crippen LogP contribution >= 0.6 is 0 Å². The number of carbonyl (C=O) groups excluding carboxylic acids is 1. The van der Waals surface area contributed by atoms with Crippen molar-refractivity contribution >= 4 is 6.03 Å². The summed E-state index contributed by atoms with van der Waals surface area (Å²) in [5.74, 6) is 10.4. The van der Waals surface area contributed by atoms with Crippen molar-refractivity contribution in [1.29, 1.82) is 0 Å². The van der Waals surface area contributed by atoms with Crippen LogP contribution in [0.5, 0.6) is 0 Å². The molecule has 1 aliphatic heterocycles. The van der Waals surface area contributed by atoms with Crippen LogP contribution in [0.25, 0.3) is 0 Å². The largest absolute Gasteiger partial charge is 0.347 e. The van der Waals surface area contributed by atoms with Gasteiger partial charge in [0.25, 0.3) is 0 Å². The third-order valence-corrected chi connectivity index (χ3v) is 1.71. The van der Waals surface area contributed by atoms with E-state index >= 15 is 0 Å². The highest BCUT2D eigenvalue weighted by atomic mass is 16.2. The molecule has 0 radical (unpaired) electrons. The van der Waals surface area contributed by atoms with E-state index in [1.54, 1.807) is 0 Å². The summed E-state index contributed by atoms with van der Waals surface area (Å²) in [4.78, 5) is 10.9. The maximum atomic E-state index is 10.9. The van der Waals surface area contributed by atoms with E-state index in [0.29, 0.717) is 6.54 Å². The number of urea groups is 1. The normalized spacial score (nSPS) is 23.3. The SMILES string of the molecule is NNC(=O)N(N)C1CNCCN1. The van der Waals surface area contributed by atoms with Gasteiger partial charge in [-0.15, -0.1) is 0 Å². The summed E-state index contributed by atoms with van der Waals surface area (Å²) in [6.45, 7) is 2.30. The van der Waals surface area contributed by atoms with Gasteiger partial charge in [0.2, 0.25) is 0 Å². The van der Waals surface area contributed by atoms with Crippen LogP contribution in [-0.4, -0.2) is 36.8 Å². The summed E-state index contributed by atoms with van der Waals surface area (Å²) in [7, 11) is 0. The molecule has 12 heavy (non-hydrogen) atoms. The van der Waals surface area contributed by atoms with Crippen LogP contribution < -0.4 is 27.7 Å². The van der Waals surface area contributed by atoms with Crippen LogP contribution in [0.2, 0.25) is 0 Å². The molecule has 0 aromatic heterocycles. The van der Waals surface area contributed by atoms with Gasteiger partial charge in [0.05, 0.1) is 0 Å². The monoisotopic (exact) mass is 174 g/mol. The van der Waals surface area contributed by atoms with E-state index < -0.39 is 6.03 Å². The highest BCUT2D eigenvalue weighted by molar-refractivity contribution is 5.73. The highest BCUT2D eigenvalue weighted by Gasteiger charge is 2.21. The lowest BCUT2D eigenvalue weighted by atomic mass is 10.3. The Balaban J connectivity index is 2.39. The van der Waals surface area contributed by atoms with E-state index in [1.807, 2.05) is 5.43 Å². The lowest BCUT2D eigenvalue weighted by Crippen LogP contribution is -2.63. The van der Waals surface area contributed by atoms with Crippen molar-refractivity contribution in [2.24, 2.45) is 11.7 Å². The maximum Gasteiger partial charge on any atom is 0.347 e. The zero-order valence-corrected chi connectivity index (χ0v) is 6.71. The molecule has 7 nitrogen and oxygen atoms in total. The molecule has 1 aliphatic rings. The predicted octanol–water partition coefficient (Wildman–Crippen LogP) is -2.74. The lowest BCUT2D eigenvalue weighted by molar-refractivity contribution is 0.152. The first-order valence-corrected chi connectivity index (χ1v) is 3.74. The van der Waals surface area contributed by atoms with Gasteiger partial charge in [-0.25, -0.2) is 21.5 Å². The molecule has 0 bridgehead atoms. The summed E-state index contributed by atoms with van der Waals surface area (Å²) < 4.78 is 0. The Kier molecular flexibility index (Phi) is 3.23. The topological polar surface area (TPSA) is 108 Å². The molecule has 0 aromatic rings. The van der Waals surface area contributed by atoms with Crippen LogP contribution in [0.1, 0.15) is 0 Å². The number of hydrazine groups is 2. The Morgan fingerprint density at radius 3 is 2.83 bits per heavy atom. The van der Waals surface area contributed by atoms with Crippen molar-refractivity contribution in [3.05, 3.63) is 0 Å². The summed E-state index contributed by atoms with van der Waals surface area (Å²) in [5, 5.41) is 7.18. The number of hydrogen-bond acceptors (Lipinski definition) is 5. The molecule has 1 rings (SSSR count). The Labute approximate surface area is 70.4 Å². The van der Waals surface area contributed by atoms with E-state index in [2.05, 4.69) is 10.6 Å². The minimum atomic E-state index is -0.504. The zero-order chi connectivity index (χ0) is 8.97. The van der Waals surface area contributed by atoms with Crippen molar-refractivity contribution in [3.63, 3.8) is 0 Å². The molecular weight excluding hydrogens is 160 g/mol. The minimum absolute atomic E-state index is 0.192. The number of nitrogens with zero attached hydrogens (tertiary/aromatic N) is 1. The van der Waals surface area contributed by atoms with Gasteiger partial charge in [0.15, 0.2) is 0 Å². The molecule has 1 atom stereocenters. The van der Waals surface area contributed by atoms with E-state index in [9.17, 15) is 4.79 Å². The number of rotatable bonds is 1. The standard InChI is InChI=1S/C5H14N6O/c6-10-5(12)11(7)4-3-8-1-2-9-4/h4,8-9H,1-3,6-7H2,(H,10,12). The van der Waals surface area contributed by atoms with Gasteiger partial charge >= 0.3 is 6.03 Å². The first kappa shape index (κ1) is 9.20. The molecule has 0 aromatic carbocycles. The molecule has 7 N–H and O–H groups in total. The molecule has 0 spiro atoms. The quantitative estimate of drug-likeness (QED) is 0.168. The van der Waals surface area contributed by atoms with Gasteiger partial charge in [-0.3, -0.25) is 10.7 Å². The second-order valence-electron chi connectivity index (χ2n) is 2.53. The minimum Gasteiger partial charge on any atom is -0.312 e. The Hall–Kier alpha value is -0.890. The van der Waals surface area contributed by atoms with Crippen molar-refractivity contribution < 1.29 is 4.79 Å². The van der Waals surface area contributed by atoms with Gasteiger partial charge in [-0.1, -0.05) is 0 Å². The molecule has 0 aliphatic carbocycles. The Bertz CT molecular complexity index is 156. The smallest absolute Gasteiger partial charge is 0.312 e. The molecule has 1 unspecified atom stereocenters. The molecule has 1 saturated heterocycles. The van der Waals surface area contributed by atoms with Gasteiger partial charge in [0.1, 0.15) is 6.17 Å². The van der Waals surface area contributed by atoms with Crippen molar-refractivity contribution in [1.82, 2.24) is 21.1 Å². The summed E-state index contributed by atoms with van der Waals surface area (Å²) in [5.41, 5.74) is 1.96. The third-order valence-electron chi connectivity index (χ3n) is 1.71. The van der Waals surface area contributed by atoms with Crippen LogP contribution in [0, 0.1) is 0 Å². The van der Waals surface area contributed by atoms with Crippen molar-refractivity contribution in [2.45, 2.75) is 6.17 Å². The summed E-state index contributed by atoms with van der Waals surface area (Å²) in [6, 6.07) is -0.504. The average Bonchev–Trinajstić information content (AvgIpc) is 2.17. The number of nitrogens with one attached hydrogen (secondary N) is 3. The van der Waals surface area contributed by atoms with Gasteiger partial charge in [-0.05, 0) is 0 Å². The van der Waals surface area contributed by atoms with Gasteiger partial charge in [0, 0.05) is 19.6 Å². The number of hydrogen-bond donors (Lipinski definition) is 5. The Morgan fingerprint density at radius 1 is 1.58 bits per heavy atom. The molecule has 2 amide bonds. The number of carbonyl (C=O) groups is 1. The fraction of sp³-hybridized carbons (Fsp3) is 0.800. The number of amides is 2. The van der Waals surface area contributed by atoms with Crippen LogP contribution in [-0.2, 0) is 0 Å². The first-order chi connectivity index (χ1) is 5.75. The van der Waals surface area contributed by atoms with Crippen molar-refractivity contribution in [3.8, 4) is 0 Å². The fourth-order valence-corrected chi connectivity index (χ4v) is 1.05. The molecule has 7 heteroatoms. The first-order valence-electron chi connectivity index (χ1n) is 3.74. The number of piperazine rings is 1. The second kappa shape index (κ2) is 4.21. The highest BCUT2D eigenvalue weighted by Crippen LogP contribution is 1.91. The second-order valence-corrected chi connectivity index (χ2v) is 2.53. The van der Waals surface area contributed by atoms with E-state index in [0.717, 1.165) is 18.1 Å². The van der Waals surface area contributed by atoms with Gasteiger partial charge in [-0.2, -0.15) is 0 Å². The lowest BCUT2D eigenvalue weighted by Gasteiger charge is -2.31. The van der Waals surface area contributed by atoms with Crippen molar-refractivity contribution in [2.75, 3.05) is 19.6 Å². The van der Waals surface area contributed by atoms with Crippen LogP contribution in [0.3, 0.4) is 0 Å². The fourth-order valence-electron chi connectivity index (χ4n) is 1.05. The zero-order valence-electron chi connectivity index (χ0n) is 6.71. The predicted molar refractivity (Wildman–Crippen MR) is 43.4 cm³/mol. The van der Waals surface area contributed by atoms with Crippen LogP contribution in [0.15, 0.2) is 0 Å². The average molecular weight is 174 g/mol. The molecule has 70 valence electrons. The molecule has 1 heterocycles. The molecule has 1 fully saturated rings. The maximum absolute atomic E-state index is 10.9. The Morgan fingerprint density at radius 2 is 2.33 bits per heavy atom. The summed E-state index contributed by atoms with van der Waals surface area (Å²) >= 11 is 0. The molecular formula is C5H14N6O. The third kappa shape index (κ3) is 2.05. The summed E-state index contributed by atoms with van der Waals surface area (Å²) in [6.07, 6.45) is -0.192. The van der Waals surface area contributed by atoms with Gasteiger partial charge < -0.3 is 5.32 Å². The van der Waals surface area contributed by atoms with E-state index in [1.165, 1.54) is 0 Å². The molecule has 0 saturated carbocycles. The van der Waals surface area contributed by atoms with E-state index in [-0.39, 0.29) is 6.17 Å².